The number of thiazole rings is 1. The van der Waals surface area contributed by atoms with Crippen LogP contribution in [-0.4, -0.2) is 34.0 Å². The molecule has 0 atom stereocenters. The van der Waals surface area contributed by atoms with E-state index in [1.807, 2.05) is 0 Å². The second-order valence-corrected chi connectivity index (χ2v) is 11.1. The van der Waals surface area contributed by atoms with Crippen LogP contribution in [0.15, 0.2) is 45.9 Å². The van der Waals surface area contributed by atoms with Crippen LogP contribution in [0.4, 0.5) is 10.8 Å². The first-order chi connectivity index (χ1) is 14.4. The fraction of sp³-hybridized carbons (Fsp3) is 0.222. The van der Waals surface area contributed by atoms with Crippen LogP contribution in [0.3, 0.4) is 0 Å². The molecule has 0 aliphatic carbocycles. The van der Waals surface area contributed by atoms with Crippen molar-refractivity contribution < 1.29 is 30.3 Å². The summed E-state index contributed by atoms with van der Waals surface area (Å²) in [5.41, 5.74) is 1.48. The van der Waals surface area contributed by atoms with Gasteiger partial charge in [0.2, 0.25) is 21.0 Å². The van der Waals surface area contributed by atoms with E-state index in [0.29, 0.717) is 32.7 Å². The lowest BCUT2D eigenvalue weighted by molar-refractivity contribution is -0.114. The molecule has 0 saturated heterocycles. The maximum Gasteiger partial charge on any atom is 0.274 e. The van der Waals surface area contributed by atoms with E-state index in [1.54, 1.807) is 25.1 Å². The molecule has 1 aromatic carbocycles. The second-order valence-electron chi connectivity index (χ2n) is 6.63. The van der Waals surface area contributed by atoms with Crippen LogP contribution in [0.1, 0.15) is 22.5 Å². The van der Waals surface area contributed by atoms with E-state index in [1.165, 1.54) is 36.5 Å². The lowest BCUT2D eigenvalue weighted by atomic mass is 10.2. The van der Waals surface area contributed by atoms with Gasteiger partial charge in [-0.1, -0.05) is 23.5 Å². The van der Waals surface area contributed by atoms with Crippen molar-refractivity contribution in [2.24, 2.45) is 0 Å². The van der Waals surface area contributed by atoms with Gasteiger partial charge in [0.05, 0.1) is 16.8 Å². The minimum absolute atomic E-state index is 0. The molecule has 0 radical (unpaired) electrons. The average molecular weight is 491 g/mol. The van der Waals surface area contributed by atoms with Gasteiger partial charge in [0, 0.05) is 23.4 Å². The van der Waals surface area contributed by atoms with Gasteiger partial charge in [-0.3, -0.25) is 9.52 Å². The van der Waals surface area contributed by atoms with E-state index in [9.17, 15) is 21.6 Å². The van der Waals surface area contributed by atoms with Gasteiger partial charge in [-0.15, -0.1) is 0 Å². The van der Waals surface area contributed by atoms with Crippen LogP contribution >= 0.6 is 11.3 Å². The number of anilines is 2. The summed E-state index contributed by atoms with van der Waals surface area (Å²) in [5.74, 6) is 0.0503. The molecule has 0 spiro atoms. The number of nitrogens with zero attached hydrogens (tertiary/aromatic N) is 1. The molecule has 2 aromatic heterocycles. The highest BCUT2D eigenvalue weighted by atomic mass is 32.2. The summed E-state index contributed by atoms with van der Waals surface area (Å²) in [7, 11) is -7.40. The molecule has 0 fully saturated rings. The Balaban J connectivity index is 0.00000363. The highest BCUT2D eigenvalue weighted by Crippen LogP contribution is 2.34. The number of aromatic nitrogens is 1. The number of benzene rings is 1. The van der Waals surface area contributed by atoms with Crippen molar-refractivity contribution in [3.8, 4) is 10.6 Å². The number of aryl methyl sites for hydroxylation is 1. The standard InChI is InChI=1S/C18H20N4O6S3.3H2/c1-11-17(29-18(20-11)21-12(2)23)15-7-8-16(28-15)31(26,27)19-10-13-5-4-6-14(9-13)22-30(3,24)25;;;/h4-9,19,22H,10H2,1-3H3,(H,20,21,23);3*1H. The Kier molecular flexibility index (Phi) is 6.50. The molecule has 3 rings (SSSR count). The fourth-order valence-electron chi connectivity index (χ4n) is 2.62. The normalized spacial score (nSPS) is 12.0. The Morgan fingerprint density at radius 1 is 1.19 bits per heavy atom. The molecule has 3 N–H and O–H groups in total. The van der Waals surface area contributed by atoms with Gasteiger partial charge in [-0.05, 0) is 36.8 Å². The van der Waals surface area contributed by atoms with E-state index in [-0.39, 0.29) is 21.8 Å². The third-order valence-corrected chi connectivity index (χ3v) is 6.81. The molecule has 10 nitrogen and oxygen atoms in total. The van der Waals surface area contributed by atoms with Crippen molar-refractivity contribution >= 4 is 48.1 Å². The first-order valence-corrected chi connectivity index (χ1v) is 13.0. The summed E-state index contributed by atoms with van der Waals surface area (Å²) < 4.78 is 58.2. The maximum atomic E-state index is 12.6. The average Bonchev–Trinajstić information content (AvgIpc) is 3.25. The third kappa shape index (κ3) is 6.13. The number of hydrogen-bond acceptors (Lipinski definition) is 8. The molecular weight excluding hydrogens is 464 g/mol. The van der Waals surface area contributed by atoms with Crippen LogP contribution in [0.2, 0.25) is 0 Å². The molecule has 0 saturated carbocycles. The van der Waals surface area contributed by atoms with Gasteiger partial charge in [-0.25, -0.2) is 26.5 Å². The monoisotopic (exact) mass is 490 g/mol. The molecule has 0 aliphatic rings. The maximum absolute atomic E-state index is 12.6. The van der Waals surface area contributed by atoms with Gasteiger partial charge in [0.15, 0.2) is 5.13 Å². The Morgan fingerprint density at radius 2 is 1.94 bits per heavy atom. The van der Waals surface area contributed by atoms with Crippen molar-refractivity contribution in [2.75, 3.05) is 16.3 Å². The minimum Gasteiger partial charge on any atom is -0.442 e. The van der Waals surface area contributed by atoms with Gasteiger partial charge in [0.25, 0.3) is 10.0 Å². The van der Waals surface area contributed by atoms with Crippen LogP contribution in [0.5, 0.6) is 0 Å². The number of nitrogens with one attached hydrogen (secondary N) is 3. The highest BCUT2D eigenvalue weighted by Gasteiger charge is 2.21. The molecule has 2 heterocycles. The Morgan fingerprint density at radius 3 is 2.61 bits per heavy atom. The fourth-order valence-corrected chi connectivity index (χ4v) is 5.10. The topological polar surface area (TPSA) is 147 Å². The molecule has 1 amide bonds. The number of hydrogen-bond donors (Lipinski definition) is 3. The second kappa shape index (κ2) is 8.78. The summed E-state index contributed by atoms with van der Waals surface area (Å²) >= 11 is 1.17. The van der Waals surface area contributed by atoms with Crippen LogP contribution < -0.4 is 14.8 Å². The van der Waals surface area contributed by atoms with Gasteiger partial charge < -0.3 is 9.73 Å². The van der Waals surface area contributed by atoms with Crippen LogP contribution in [-0.2, 0) is 31.4 Å². The first kappa shape index (κ1) is 22.9. The van der Waals surface area contributed by atoms with Crippen molar-refractivity contribution in [2.45, 2.75) is 25.5 Å². The zero-order chi connectivity index (χ0) is 22.8. The van der Waals surface area contributed by atoms with Crippen molar-refractivity contribution in [1.82, 2.24) is 9.71 Å². The van der Waals surface area contributed by atoms with E-state index in [0.717, 1.165) is 6.26 Å². The lowest BCUT2D eigenvalue weighted by Gasteiger charge is -2.08. The number of carbonyl (C=O) groups is 1. The molecule has 0 aliphatic heterocycles. The van der Waals surface area contributed by atoms with E-state index in [2.05, 4.69) is 19.7 Å². The lowest BCUT2D eigenvalue weighted by Crippen LogP contribution is -2.22. The van der Waals surface area contributed by atoms with E-state index < -0.39 is 20.0 Å². The summed E-state index contributed by atoms with van der Waals surface area (Å²) in [6, 6.07) is 9.21. The van der Waals surface area contributed by atoms with Gasteiger partial charge in [-0.2, -0.15) is 0 Å². The molecule has 172 valence electrons. The Hall–Kier alpha value is -2.74. The quantitative estimate of drug-likeness (QED) is 0.439. The summed E-state index contributed by atoms with van der Waals surface area (Å²) in [5, 5.41) is 2.70. The number of rotatable bonds is 8. The molecule has 0 bridgehead atoms. The predicted octanol–water partition coefficient (Wildman–Crippen LogP) is 3.26. The van der Waals surface area contributed by atoms with Crippen molar-refractivity contribution in [3.05, 3.63) is 47.7 Å². The van der Waals surface area contributed by atoms with Crippen LogP contribution in [0, 0.1) is 6.92 Å². The smallest absolute Gasteiger partial charge is 0.274 e. The van der Waals surface area contributed by atoms with Gasteiger partial charge >= 0.3 is 0 Å². The molecular formula is C18H26N4O6S3. The van der Waals surface area contributed by atoms with E-state index >= 15 is 0 Å². The summed E-state index contributed by atoms with van der Waals surface area (Å²) in [4.78, 5) is 16.0. The number of furan rings is 1. The SMILES string of the molecule is CC(=O)Nc1nc(C)c(-c2ccc(S(=O)(=O)NCc3cccc(NS(C)(=O)=O)c3)o2)s1.[HH].[HH].[HH]. The molecule has 0 unspecified atom stereocenters. The number of sulfonamides is 2. The number of amides is 1. The Bertz CT molecular complexity index is 1340. The summed E-state index contributed by atoms with van der Waals surface area (Å²) in [6.45, 7) is 3.03. The molecule has 3 aromatic rings. The first-order valence-electron chi connectivity index (χ1n) is 8.84. The van der Waals surface area contributed by atoms with Crippen molar-refractivity contribution in [3.63, 3.8) is 0 Å². The number of carbonyl (C=O) groups excluding carboxylic acids is 1. The van der Waals surface area contributed by atoms with Crippen molar-refractivity contribution in [1.29, 1.82) is 0 Å². The predicted molar refractivity (Wildman–Crippen MR) is 124 cm³/mol. The minimum atomic E-state index is -3.96. The van der Waals surface area contributed by atoms with Crippen LogP contribution in [0.25, 0.3) is 10.6 Å². The van der Waals surface area contributed by atoms with Gasteiger partial charge in [0.1, 0.15) is 5.76 Å². The largest absolute Gasteiger partial charge is 0.442 e. The Labute approximate surface area is 188 Å². The van der Waals surface area contributed by atoms with E-state index in [4.69, 9.17) is 4.42 Å². The summed E-state index contributed by atoms with van der Waals surface area (Å²) in [6.07, 6.45) is 1.03. The zero-order valence-electron chi connectivity index (χ0n) is 16.8. The zero-order valence-corrected chi connectivity index (χ0v) is 19.2. The third-order valence-electron chi connectivity index (χ3n) is 3.85. The molecule has 13 heteroatoms. The molecule has 31 heavy (non-hydrogen) atoms. The highest BCUT2D eigenvalue weighted by molar-refractivity contribution is 7.92.